The molecule has 1 aliphatic carbocycles. The topological polar surface area (TPSA) is 50.0 Å². The number of aliphatic hydroxyl groups excluding tert-OH is 1. The molecular weight excluding hydrogens is 274 g/mol. The molecule has 6 heteroatoms. The van der Waals surface area contributed by atoms with Crippen molar-refractivity contribution in [2.24, 2.45) is 5.92 Å². The van der Waals surface area contributed by atoms with Crippen molar-refractivity contribution in [2.45, 2.75) is 32.4 Å². The number of rotatable bonds is 7. The standard InChI is InChI=1S/C14H21N3O2S/c1-10(11-3-4-11)16(5-7-19-2)13-12(9-18)17-6-8-20-14(17)15-13/h6,8,10-11,18H,3-5,7,9H2,1-2H3. The SMILES string of the molecule is COCCN(c1nc2sccn2c1CO)C(C)C1CC1. The van der Waals surface area contributed by atoms with Crippen LogP contribution in [0.25, 0.3) is 4.96 Å². The summed E-state index contributed by atoms with van der Waals surface area (Å²) in [5.41, 5.74) is 0.879. The van der Waals surface area contributed by atoms with Crippen LogP contribution in [0.5, 0.6) is 0 Å². The number of fused-ring (bicyclic) bond motifs is 1. The zero-order chi connectivity index (χ0) is 14.1. The van der Waals surface area contributed by atoms with Gasteiger partial charge in [-0.2, -0.15) is 0 Å². The maximum Gasteiger partial charge on any atom is 0.195 e. The molecule has 2 aromatic rings. The summed E-state index contributed by atoms with van der Waals surface area (Å²) in [5, 5.41) is 11.7. The Hall–Kier alpha value is -1.11. The fourth-order valence-corrected chi connectivity index (χ4v) is 3.45. The van der Waals surface area contributed by atoms with Crippen molar-refractivity contribution in [1.82, 2.24) is 9.38 Å². The number of thiazole rings is 1. The summed E-state index contributed by atoms with van der Waals surface area (Å²) in [6.45, 7) is 3.75. The average molecular weight is 295 g/mol. The van der Waals surface area contributed by atoms with Crippen molar-refractivity contribution in [3.05, 3.63) is 17.3 Å². The molecule has 0 amide bonds. The summed E-state index contributed by atoms with van der Waals surface area (Å²) in [5.74, 6) is 1.66. The number of nitrogens with zero attached hydrogens (tertiary/aromatic N) is 3. The van der Waals surface area contributed by atoms with E-state index in [0.29, 0.717) is 12.6 Å². The number of aromatic nitrogens is 2. The van der Waals surface area contributed by atoms with Crippen molar-refractivity contribution in [1.29, 1.82) is 0 Å². The van der Waals surface area contributed by atoms with Crippen LogP contribution in [0.2, 0.25) is 0 Å². The lowest BCUT2D eigenvalue weighted by Gasteiger charge is -2.30. The minimum Gasteiger partial charge on any atom is -0.390 e. The van der Waals surface area contributed by atoms with E-state index in [2.05, 4.69) is 11.8 Å². The van der Waals surface area contributed by atoms with Gasteiger partial charge < -0.3 is 14.7 Å². The second-order valence-corrected chi connectivity index (χ2v) is 6.23. The fourth-order valence-electron chi connectivity index (χ4n) is 2.72. The first-order chi connectivity index (χ1) is 9.76. The molecule has 1 aliphatic rings. The Labute approximate surface area is 122 Å². The molecule has 0 saturated heterocycles. The van der Waals surface area contributed by atoms with Gasteiger partial charge in [0.2, 0.25) is 0 Å². The van der Waals surface area contributed by atoms with Crippen LogP contribution >= 0.6 is 11.3 Å². The number of imidazole rings is 1. The Kier molecular flexibility index (Phi) is 3.96. The number of hydrogen-bond acceptors (Lipinski definition) is 5. The summed E-state index contributed by atoms with van der Waals surface area (Å²) >= 11 is 1.60. The minimum atomic E-state index is 0.00804. The van der Waals surface area contributed by atoms with Gasteiger partial charge in [-0.15, -0.1) is 11.3 Å². The van der Waals surface area contributed by atoms with Crippen molar-refractivity contribution >= 4 is 22.1 Å². The first-order valence-corrected chi connectivity index (χ1v) is 7.95. The number of hydrogen-bond donors (Lipinski definition) is 1. The molecule has 1 N–H and O–H groups in total. The van der Waals surface area contributed by atoms with Gasteiger partial charge in [-0.1, -0.05) is 0 Å². The summed E-state index contributed by atoms with van der Waals surface area (Å²) in [6, 6.07) is 0.444. The van der Waals surface area contributed by atoms with Gasteiger partial charge >= 0.3 is 0 Å². The van der Waals surface area contributed by atoms with Crippen LogP contribution in [0.3, 0.4) is 0 Å². The lowest BCUT2D eigenvalue weighted by atomic mass is 10.1. The Morgan fingerprint density at radius 3 is 3.05 bits per heavy atom. The summed E-state index contributed by atoms with van der Waals surface area (Å²) < 4.78 is 7.22. The second-order valence-electron chi connectivity index (χ2n) is 5.36. The van der Waals surface area contributed by atoms with Crippen LogP contribution in [0.15, 0.2) is 11.6 Å². The van der Waals surface area contributed by atoms with E-state index in [-0.39, 0.29) is 6.61 Å². The quantitative estimate of drug-likeness (QED) is 0.850. The number of ether oxygens (including phenoxy) is 1. The molecule has 0 aliphatic heterocycles. The van der Waals surface area contributed by atoms with E-state index in [1.807, 2.05) is 16.0 Å². The molecule has 1 fully saturated rings. The van der Waals surface area contributed by atoms with E-state index in [1.165, 1.54) is 12.8 Å². The number of methoxy groups -OCH3 is 1. The summed E-state index contributed by atoms with van der Waals surface area (Å²) in [7, 11) is 1.72. The van der Waals surface area contributed by atoms with Gasteiger partial charge in [-0.3, -0.25) is 4.40 Å². The average Bonchev–Trinajstić information content (AvgIpc) is 3.11. The summed E-state index contributed by atoms with van der Waals surface area (Å²) in [4.78, 5) is 7.96. The van der Waals surface area contributed by atoms with E-state index in [9.17, 15) is 5.11 Å². The van der Waals surface area contributed by atoms with E-state index in [1.54, 1.807) is 18.4 Å². The Bertz CT molecular complexity index is 576. The normalized spacial score (nSPS) is 16.8. The van der Waals surface area contributed by atoms with Crippen molar-refractivity contribution in [2.75, 3.05) is 25.2 Å². The highest BCUT2D eigenvalue weighted by Gasteiger charge is 2.34. The Morgan fingerprint density at radius 2 is 2.40 bits per heavy atom. The highest BCUT2D eigenvalue weighted by molar-refractivity contribution is 7.15. The molecule has 0 radical (unpaired) electrons. The Morgan fingerprint density at radius 1 is 1.60 bits per heavy atom. The first kappa shape index (κ1) is 13.9. The zero-order valence-electron chi connectivity index (χ0n) is 12.0. The molecule has 0 spiro atoms. The molecule has 1 atom stereocenters. The van der Waals surface area contributed by atoms with E-state index >= 15 is 0 Å². The van der Waals surface area contributed by atoms with E-state index in [0.717, 1.165) is 28.9 Å². The van der Waals surface area contributed by atoms with Gasteiger partial charge in [-0.25, -0.2) is 4.98 Å². The van der Waals surface area contributed by atoms with Crippen molar-refractivity contribution in [3.8, 4) is 0 Å². The van der Waals surface area contributed by atoms with Gasteiger partial charge in [0.1, 0.15) is 0 Å². The van der Waals surface area contributed by atoms with Gasteiger partial charge in [0.05, 0.1) is 18.9 Å². The molecule has 20 heavy (non-hydrogen) atoms. The smallest absolute Gasteiger partial charge is 0.195 e. The molecule has 0 aromatic carbocycles. The molecular formula is C14H21N3O2S. The lowest BCUT2D eigenvalue weighted by Crippen LogP contribution is -2.38. The summed E-state index contributed by atoms with van der Waals surface area (Å²) in [6.07, 6.45) is 4.56. The van der Waals surface area contributed by atoms with Crippen LogP contribution in [-0.4, -0.2) is 40.8 Å². The highest BCUT2D eigenvalue weighted by Crippen LogP contribution is 2.37. The van der Waals surface area contributed by atoms with Gasteiger partial charge in [-0.05, 0) is 25.7 Å². The molecule has 1 unspecified atom stereocenters. The highest BCUT2D eigenvalue weighted by atomic mass is 32.1. The predicted octanol–water partition coefficient (Wildman–Crippen LogP) is 2.14. The van der Waals surface area contributed by atoms with Crippen LogP contribution in [0, 0.1) is 5.92 Å². The molecule has 5 nitrogen and oxygen atoms in total. The van der Waals surface area contributed by atoms with Crippen molar-refractivity contribution in [3.63, 3.8) is 0 Å². The van der Waals surface area contributed by atoms with Gasteiger partial charge in [0.25, 0.3) is 0 Å². The third-order valence-electron chi connectivity index (χ3n) is 4.09. The fraction of sp³-hybridized carbons (Fsp3) is 0.643. The van der Waals surface area contributed by atoms with Gasteiger partial charge in [0.15, 0.2) is 10.8 Å². The van der Waals surface area contributed by atoms with Crippen molar-refractivity contribution < 1.29 is 9.84 Å². The molecule has 110 valence electrons. The molecule has 2 heterocycles. The van der Waals surface area contributed by atoms with Crippen LogP contribution < -0.4 is 4.90 Å². The minimum absolute atomic E-state index is 0.00804. The van der Waals surface area contributed by atoms with E-state index in [4.69, 9.17) is 9.72 Å². The monoisotopic (exact) mass is 295 g/mol. The first-order valence-electron chi connectivity index (χ1n) is 7.07. The third kappa shape index (κ3) is 2.43. The number of aliphatic hydroxyl groups is 1. The maximum absolute atomic E-state index is 9.72. The molecule has 1 saturated carbocycles. The molecule has 0 bridgehead atoms. The van der Waals surface area contributed by atoms with Crippen LogP contribution in [-0.2, 0) is 11.3 Å². The largest absolute Gasteiger partial charge is 0.390 e. The molecule has 3 rings (SSSR count). The second kappa shape index (κ2) is 5.71. The van der Waals surface area contributed by atoms with Crippen LogP contribution in [0.1, 0.15) is 25.5 Å². The van der Waals surface area contributed by atoms with Crippen LogP contribution in [0.4, 0.5) is 5.82 Å². The molecule has 2 aromatic heterocycles. The van der Waals surface area contributed by atoms with E-state index < -0.39 is 0 Å². The predicted molar refractivity (Wildman–Crippen MR) is 80.4 cm³/mol. The number of anilines is 1. The zero-order valence-corrected chi connectivity index (χ0v) is 12.8. The van der Waals surface area contributed by atoms with Gasteiger partial charge in [0, 0.05) is 31.3 Å². The third-order valence-corrected chi connectivity index (χ3v) is 4.85. The maximum atomic E-state index is 9.72. The lowest BCUT2D eigenvalue weighted by molar-refractivity contribution is 0.202. The Balaban J connectivity index is 1.95.